The molecule has 4 N–H and O–H groups in total. The van der Waals surface area contributed by atoms with Crippen LogP contribution in [0.2, 0.25) is 0 Å². The number of H-pyrrole nitrogens is 1. The highest BCUT2D eigenvalue weighted by atomic mass is 32.3. The summed E-state index contributed by atoms with van der Waals surface area (Å²) in [5, 5.41) is 0.533. The fourth-order valence-electron chi connectivity index (χ4n) is 3.10. The van der Waals surface area contributed by atoms with Crippen LogP contribution < -0.4 is 5.73 Å². The number of aromatic amines is 1. The van der Waals surface area contributed by atoms with Gasteiger partial charge in [-0.05, 0) is 6.42 Å². The van der Waals surface area contributed by atoms with Crippen LogP contribution in [0.1, 0.15) is 18.5 Å². The molecule has 1 aromatic rings. The monoisotopic (exact) mass is 362 g/mol. The van der Waals surface area contributed by atoms with Crippen molar-refractivity contribution in [2.24, 2.45) is 5.73 Å². The zero-order chi connectivity index (χ0) is 17.5. The Morgan fingerprint density at radius 3 is 2.88 bits per heavy atom. The van der Waals surface area contributed by atoms with E-state index in [1.54, 1.807) is 0 Å². The van der Waals surface area contributed by atoms with Crippen LogP contribution in [0.4, 0.5) is 4.79 Å². The maximum Gasteiger partial charge on any atom is 0.477 e. The van der Waals surface area contributed by atoms with Gasteiger partial charge in [0.25, 0.3) is 5.91 Å². The minimum absolute atomic E-state index is 0.0316. The number of primary amides is 1. The minimum Gasteiger partial charge on any atom is -0.364 e. The molecule has 2 aliphatic rings. The SMILES string of the molecule is NC(=O)[C@@H]1CC[C@@H]2C[N+]1(OCc1cnc[nH]1)C(=O)N2OS(=O)(=O)O. The van der Waals surface area contributed by atoms with Crippen LogP contribution in [0.15, 0.2) is 12.5 Å². The Balaban J connectivity index is 1.91. The van der Waals surface area contributed by atoms with Crippen molar-refractivity contribution in [3.63, 3.8) is 0 Å². The van der Waals surface area contributed by atoms with E-state index in [9.17, 15) is 18.0 Å². The minimum atomic E-state index is -4.89. The molecule has 0 saturated carbocycles. The number of quaternary nitrogens is 1. The lowest BCUT2D eigenvalue weighted by molar-refractivity contribution is -1.05. The summed E-state index contributed by atoms with van der Waals surface area (Å²) in [6, 6.07) is -2.58. The maximum absolute atomic E-state index is 12.7. The molecule has 2 aliphatic heterocycles. The quantitative estimate of drug-likeness (QED) is 0.421. The molecule has 12 nitrogen and oxygen atoms in total. The number of nitrogens with zero attached hydrogens (tertiary/aromatic N) is 3. The average molecular weight is 362 g/mol. The second-order valence-corrected chi connectivity index (χ2v) is 6.59. The number of urea groups is 1. The summed E-state index contributed by atoms with van der Waals surface area (Å²) in [5.74, 6) is -0.750. The van der Waals surface area contributed by atoms with Gasteiger partial charge in [-0.1, -0.05) is 4.65 Å². The molecule has 13 heteroatoms. The van der Waals surface area contributed by atoms with Crippen molar-refractivity contribution >= 4 is 22.3 Å². The Labute approximate surface area is 136 Å². The first kappa shape index (κ1) is 16.8. The first-order valence-electron chi connectivity index (χ1n) is 7.02. The summed E-state index contributed by atoms with van der Waals surface area (Å²) < 4.78 is 34.3. The fourth-order valence-corrected chi connectivity index (χ4v) is 3.49. The Hall–Kier alpha value is -2.06. The second kappa shape index (κ2) is 5.78. The van der Waals surface area contributed by atoms with Crippen molar-refractivity contribution in [2.75, 3.05) is 6.54 Å². The number of fused-ring (bicyclic) bond motifs is 2. The number of piperidine rings is 1. The predicted octanol–water partition coefficient (Wildman–Crippen LogP) is -1.16. The van der Waals surface area contributed by atoms with E-state index in [0.29, 0.717) is 10.8 Å². The number of nitrogens with one attached hydrogen (secondary N) is 1. The molecule has 2 bridgehead atoms. The molecule has 0 aromatic carbocycles. The van der Waals surface area contributed by atoms with Gasteiger partial charge < -0.3 is 10.7 Å². The lowest BCUT2D eigenvalue weighted by Crippen LogP contribution is -2.62. The van der Waals surface area contributed by atoms with Crippen LogP contribution in [0.5, 0.6) is 0 Å². The van der Waals surface area contributed by atoms with Crippen LogP contribution in [0.3, 0.4) is 0 Å². The molecule has 0 radical (unpaired) electrons. The van der Waals surface area contributed by atoms with Crippen molar-refractivity contribution < 1.29 is 36.3 Å². The third kappa shape index (κ3) is 2.87. The standard InChI is InChI=1S/C11H15N5O7S/c12-10(17)9-2-1-8-4-16(9,22-5-7-3-13-6-14-7)11(18)15(8)23-24(19,20)21/h3,6,8-9H,1-2,4-5H2,(H3-,12,13,14,17,19,20,21)/p+1/t8-,9+,16?/m1/s1. The summed E-state index contributed by atoms with van der Waals surface area (Å²) in [4.78, 5) is 36.7. The van der Waals surface area contributed by atoms with Crippen LogP contribution in [-0.2, 0) is 30.9 Å². The largest absolute Gasteiger partial charge is 0.477 e. The lowest BCUT2D eigenvalue weighted by atomic mass is 10.00. The van der Waals surface area contributed by atoms with Gasteiger partial charge in [-0.15, -0.1) is 9.35 Å². The smallest absolute Gasteiger partial charge is 0.364 e. The molecular formula is C11H16N5O7S+. The number of rotatable bonds is 6. The van der Waals surface area contributed by atoms with E-state index in [4.69, 9.17) is 15.1 Å². The number of imidazole rings is 1. The highest BCUT2D eigenvalue weighted by Crippen LogP contribution is 2.38. The molecule has 24 heavy (non-hydrogen) atoms. The molecule has 0 aliphatic carbocycles. The van der Waals surface area contributed by atoms with Crippen molar-refractivity contribution in [2.45, 2.75) is 31.5 Å². The number of carbonyl (C=O) groups excluding carboxylic acids is 2. The van der Waals surface area contributed by atoms with Gasteiger partial charge in [-0.2, -0.15) is 13.3 Å². The van der Waals surface area contributed by atoms with E-state index >= 15 is 0 Å². The molecule has 2 fully saturated rings. The van der Waals surface area contributed by atoms with E-state index in [0.717, 1.165) is 0 Å². The van der Waals surface area contributed by atoms with Gasteiger partial charge in [0, 0.05) is 6.42 Å². The normalized spacial score (nSPS) is 29.9. The summed E-state index contributed by atoms with van der Waals surface area (Å²) in [7, 11) is -4.89. The third-order valence-corrected chi connectivity index (χ3v) is 4.46. The van der Waals surface area contributed by atoms with Crippen molar-refractivity contribution in [3.05, 3.63) is 18.2 Å². The van der Waals surface area contributed by atoms with E-state index in [2.05, 4.69) is 14.3 Å². The molecule has 1 aromatic heterocycles. The Morgan fingerprint density at radius 2 is 2.29 bits per heavy atom. The Kier molecular flexibility index (Phi) is 4.05. The summed E-state index contributed by atoms with van der Waals surface area (Å²) >= 11 is 0. The van der Waals surface area contributed by atoms with E-state index < -0.39 is 39.1 Å². The van der Waals surface area contributed by atoms with Gasteiger partial charge in [0.05, 0.1) is 18.2 Å². The van der Waals surface area contributed by atoms with Crippen LogP contribution in [-0.4, -0.2) is 63.2 Å². The van der Waals surface area contributed by atoms with Gasteiger partial charge >= 0.3 is 16.4 Å². The third-order valence-electron chi connectivity index (χ3n) is 4.11. The maximum atomic E-state index is 12.7. The molecule has 132 valence electrons. The molecule has 0 spiro atoms. The lowest BCUT2D eigenvalue weighted by Gasteiger charge is -2.35. The number of carbonyl (C=O) groups is 2. The Bertz CT molecular complexity index is 751. The molecule has 3 atom stereocenters. The topological polar surface area (TPSA) is 165 Å². The molecule has 2 saturated heterocycles. The number of hydrogen-bond acceptors (Lipinski definition) is 7. The molecule has 3 rings (SSSR count). The fraction of sp³-hybridized carbons (Fsp3) is 0.545. The van der Waals surface area contributed by atoms with Gasteiger partial charge in [0.2, 0.25) is 6.04 Å². The number of aromatic nitrogens is 2. The number of amides is 3. The van der Waals surface area contributed by atoms with Crippen molar-refractivity contribution in [3.8, 4) is 0 Å². The molecule has 1 unspecified atom stereocenters. The highest BCUT2D eigenvalue weighted by Gasteiger charge is 2.65. The number of hydrogen-bond donors (Lipinski definition) is 3. The van der Waals surface area contributed by atoms with Gasteiger partial charge in [0.1, 0.15) is 19.2 Å². The first-order valence-corrected chi connectivity index (χ1v) is 8.39. The first-order chi connectivity index (χ1) is 11.2. The van der Waals surface area contributed by atoms with Gasteiger partial charge in [-0.3, -0.25) is 9.35 Å². The van der Waals surface area contributed by atoms with Crippen LogP contribution in [0.25, 0.3) is 0 Å². The summed E-state index contributed by atoms with van der Waals surface area (Å²) in [6.07, 6.45) is 3.39. The Morgan fingerprint density at radius 1 is 1.54 bits per heavy atom. The molecular weight excluding hydrogens is 346 g/mol. The predicted molar refractivity (Wildman–Crippen MR) is 74.4 cm³/mol. The zero-order valence-corrected chi connectivity index (χ0v) is 13.2. The molecule has 3 amide bonds. The average Bonchev–Trinajstić information content (AvgIpc) is 3.07. The highest BCUT2D eigenvalue weighted by molar-refractivity contribution is 7.80. The van der Waals surface area contributed by atoms with Crippen molar-refractivity contribution in [1.82, 2.24) is 15.0 Å². The number of nitrogens with two attached hydrogens (primary N) is 1. The van der Waals surface area contributed by atoms with Gasteiger partial charge in [-0.25, -0.2) is 9.78 Å². The van der Waals surface area contributed by atoms with Gasteiger partial charge in [0.15, 0.2) is 0 Å². The molecule has 3 heterocycles. The van der Waals surface area contributed by atoms with Crippen LogP contribution in [0, 0.1) is 0 Å². The van der Waals surface area contributed by atoms with Crippen molar-refractivity contribution in [1.29, 1.82) is 0 Å². The van der Waals surface area contributed by atoms with E-state index in [1.165, 1.54) is 12.5 Å². The number of hydroxylamine groups is 5. The summed E-state index contributed by atoms with van der Waals surface area (Å²) in [6.45, 7) is -0.113. The van der Waals surface area contributed by atoms with E-state index in [-0.39, 0.29) is 26.0 Å². The van der Waals surface area contributed by atoms with Crippen LogP contribution >= 0.6 is 0 Å². The second-order valence-electron chi connectivity index (χ2n) is 5.59. The summed E-state index contributed by atoms with van der Waals surface area (Å²) in [5.41, 5.74) is 5.94. The van der Waals surface area contributed by atoms with E-state index in [1.807, 2.05) is 0 Å². The zero-order valence-electron chi connectivity index (χ0n) is 12.4.